The van der Waals surface area contributed by atoms with E-state index in [1.54, 1.807) is 0 Å². The van der Waals surface area contributed by atoms with E-state index in [2.05, 4.69) is 118 Å². The van der Waals surface area contributed by atoms with Crippen LogP contribution in [-0.4, -0.2) is 18.8 Å². The zero-order chi connectivity index (χ0) is 19.3. The van der Waals surface area contributed by atoms with Gasteiger partial charge in [-0.05, 0) is 0 Å². The van der Waals surface area contributed by atoms with Crippen molar-refractivity contribution in [1.82, 2.24) is 0 Å². The van der Waals surface area contributed by atoms with Crippen molar-refractivity contribution in [3.8, 4) is 0 Å². The summed E-state index contributed by atoms with van der Waals surface area (Å²) in [5, 5.41) is 0. The van der Waals surface area contributed by atoms with E-state index in [-0.39, 0.29) is 5.41 Å². The topological polar surface area (TPSA) is 9.23 Å². The van der Waals surface area contributed by atoms with Crippen molar-refractivity contribution in [3.63, 3.8) is 0 Å². The minimum absolute atomic E-state index is 0.138. The van der Waals surface area contributed by atoms with Gasteiger partial charge in [-0.1, -0.05) is 0 Å². The zero-order valence-corrected chi connectivity index (χ0v) is 19.3. The Labute approximate surface area is 168 Å². The fraction of sp³-hybridized carbons (Fsp3) is 0.200. The second-order valence-corrected chi connectivity index (χ2v) is 17.6. The van der Waals surface area contributed by atoms with E-state index in [0.717, 1.165) is 12.2 Å². The van der Waals surface area contributed by atoms with Crippen LogP contribution in [0.25, 0.3) is 0 Å². The molecule has 0 saturated carbocycles. The van der Waals surface area contributed by atoms with Crippen LogP contribution in [0.15, 0.2) is 103 Å². The molecule has 0 atom stereocenters. The number of benzene rings is 3. The maximum absolute atomic E-state index is 6.99. The molecule has 0 amide bonds. The molecule has 0 saturated heterocycles. The molecule has 0 fully saturated rings. The van der Waals surface area contributed by atoms with Crippen LogP contribution in [0.3, 0.4) is 0 Å². The van der Waals surface area contributed by atoms with Gasteiger partial charge in [0.1, 0.15) is 0 Å². The van der Waals surface area contributed by atoms with E-state index in [1.807, 2.05) is 0 Å². The van der Waals surface area contributed by atoms with Gasteiger partial charge >= 0.3 is 169 Å². The molecule has 3 rings (SSSR count). The van der Waals surface area contributed by atoms with Crippen LogP contribution in [0.1, 0.15) is 27.2 Å². The van der Waals surface area contributed by atoms with Gasteiger partial charge in [0.15, 0.2) is 0 Å². The molecule has 2 heteroatoms. The summed E-state index contributed by atoms with van der Waals surface area (Å²) in [6, 6.07) is 32.2. The van der Waals surface area contributed by atoms with Crippen molar-refractivity contribution >= 4 is 29.5 Å². The summed E-state index contributed by atoms with van der Waals surface area (Å²) in [7, 11) is 0. The summed E-state index contributed by atoms with van der Waals surface area (Å²) in [6.07, 6.45) is 0.845. The van der Waals surface area contributed by atoms with E-state index in [1.165, 1.54) is 10.7 Å². The van der Waals surface area contributed by atoms with Crippen LogP contribution in [0, 0.1) is 5.41 Å². The Balaban J connectivity index is 2.21. The summed E-state index contributed by atoms with van der Waals surface area (Å²) in [6.45, 7) is 11.0. The first-order valence-corrected chi connectivity index (χ1v) is 14.9. The van der Waals surface area contributed by atoms with Crippen LogP contribution in [0.4, 0.5) is 0 Å². The molecule has 0 N–H and O–H groups in total. The Hall–Kier alpha value is -2.00. The number of hydrogen-bond acceptors (Lipinski definition) is 1. The fourth-order valence-electron chi connectivity index (χ4n) is 3.54. The van der Waals surface area contributed by atoms with Crippen LogP contribution >= 0.6 is 0 Å². The third-order valence-electron chi connectivity index (χ3n) is 4.57. The van der Waals surface area contributed by atoms with Crippen molar-refractivity contribution in [3.05, 3.63) is 103 Å². The molecule has 0 aliphatic heterocycles. The molecule has 0 aliphatic carbocycles. The molecule has 0 aromatic heterocycles. The first kappa shape index (κ1) is 19.8. The van der Waals surface area contributed by atoms with Crippen LogP contribution in [-0.2, 0) is 3.07 Å². The van der Waals surface area contributed by atoms with Crippen LogP contribution in [0.5, 0.6) is 0 Å². The summed E-state index contributed by atoms with van der Waals surface area (Å²) >= 11 is -3.69. The zero-order valence-electron chi connectivity index (χ0n) is 16.5. The molecule has 0 spiro atoms. The van der Waals surface area contributed by atoms with Gasteiger partial charge in [-0.2, -0.15) is 0 Å². The quantitative estimate of drug-likeness (QED) is 0.383. The van der Waals surface area contributed by atoms with E-state index in [0.29, 0.717) is 0 Å². The summed E-state index contributed by atoms with van der Waals surface area (Å²) in [4.78, 5) is 0. The van der Waals surface area contributed by atoms with Gasteiger partial charge in [0.2, 0.25) is 0 Å². The van der Waals surface area contributed by atoms with Gasteiger partial charge in [0, 0.05) is 0 Å². The predicted molar refractivity (Wildman–Crippen MR) is 118 cm³/mol. The van der Waals surface area contributed by atoms with Crippen molar-refractivity contribution in [2.75, 3.05) is 0 Å². The summed E-state index contributed by atoms with van der Waals surface area (Å²) in [5.41, 5.74) is 0.138. The third kappa shape index (κ3) is 4.65. The van der Waals surface area contributed by atoms with Crippen LogP contribution in [0.2, 0.25) is 0 Å². The predicted octanol–water partition coefficient (Wildman–Crippen LogP) is 4.62. The Morgan fingerprint density at radius 3 is 1.33 bits per heavy atom. The van der Waals surface area contributed by atoms with E-state index in [9.17, 15) is 0 Å². The maximum atomic E-state index is 6.99. The molecule has 0 radical (unpaired) electrons. The average Bonchev–Trinajstić information content (AvgIpc) is 2.67. The second-order valence-electron chi connectivity index (χ2n) is 8.16. The van der Waals surface area contributed by atoms with E-state index < -0.39 is 18.8 Å². The van der Waals surface area contributed by atoms with E-state index in [4.69, 9.17) is 3.07 Å². The number of rotatable bonds is 6. The molecule has 0 unspecified atom stereocenters. The van der Waals surface area contributed by atoms with Gasteiger partial charge < -0.3 is 0 Å². The molecule has 0 aliphatic rings. The first-order valence-electron chi connectivity index (χ1n) is 9.45. The van der Waals surface area contributed by atoms with Crippen molar-refractivity contribution in [2.24, 2.45) is 5.41 Å². The normalized spacial score (nSPS) is 11.8. The number of hydrogen-bond donors (Lipinski definition) is 0. The molecule has 0 bridgehead atoms. The van der Waals surface area contributed by atoms with Crippen molar-refractivity contribution in [1.29, 1.82) is 0 Å². The molecule has 1 nitrogen and oxygen atoms in total. The van der Waals surface area contributed by atoms with Gasteiger partial charge in [-0.15, -0.1) is 0 Å². The molecule has 138 valence electrons. The molecule has 3 aromatic rings. The molecule has 3 aromatic carbocycles. The Morgan fingerprint density at radius 1 is 0.704 bits per heavy atom. The SMILES string of the molecule is C=C(CC(C)(C)C)[O][Sn]([c]1ccccc1)([c]1ccccc1)[c]1ccccc1. The molecular formula is C25H28OSn. The van der Waals surface area contributed by atoms with Gasteiger partial charge in [-0.3, -0.25) is 0 Å². The number of allylic oxidation sites excluding steroid dienone is 1. The summed E-state index contributed by atoms with van der Waals surface area (Å²) in [5.74, 6) is 0.884. The molecule has 27 heavy (non-hydrogen) atoms. The minimum atomic E-state index is -3.69. The average molecular weight is 463 g/mol. The third-order valence-corrected chi connectivity index (χ3v) is 16.1. The van der Waals surface area contributed by atoms with Gasteiger partial charge in [-0.25, -0.2) is 0 Å². The van der Waals surface area contributed by atoms with Crippen molar-refractivity contribution in [2.45, 2.75) is 27.2 Å². The summed E-state index contributed by atoms with van der Waals surface area (Å²) < 4.78 is 10.9. The van der Waals surface area contributed by atoms with Crippen molar-refractivity contribution < 1.29 is 3.07 Å². The van der Waals surface area contributed by atoms with E-state index >= 15 is 0 Å². The first-order chi connectivity index (χ1) is 12.9. The Kier molecular flexibility index (Phi) is 6.11. The fourth-order valence-corrected chi connectivity index (χ4v) is 14.5. The van der Waals surface area contributed by atoms with Gasteiger partial charge in [0.05, 0.1) is 0 Å². The monoisotopic (exact) mass is 464 g/mol. The molecular weight excluding hydrogens is 435 g/mol. The molecule has 0 heterocycles. The Morgan fingerprint density at radius 2 is 1.04 bits per heavy atom. The second kappa shape index (κ2) is 8.35. The standard InChI is InChI=1S/C7H14O.3C6H5.Sn/c1-6(8)5-7(2,3)4;3*1-2-4-6-5-3-1;/h8H,1,5H2,2-4H3;3*1-5H;/q;;;;+1/p-1. The van der Waals surface area contributed by atoms with Crippen LogP contribution < -0.4 is 10.7 Å². The Bertz CT molecular complexity index is 768. The van der Waals surface area contributed by atoms with Gasteiger partial charge in [0.25, 0.3) is 0 Å².